The lowest BCUT2D eigenvalue weighted by atomic mass is 9.49. The van der Waals surface area contributed by atoms with Crippen LogP contribution in [0.2, 0.25) is 0 Å². The van der Waals surface area contributed by atoms with Gasteiger partial charge in [-0.15, -0.1) is 0 Å². The third kappa shape index (κ3) is 2.22. The van der Waals surface area contributed by atoms with Crippen molar-refractivity contribution in [1.29, 1.82) is 0 Å². The Kier molecular flexibility index (Phi) is 3.87. The highest BCUT2D eigenvalue weighted by Gasteiger charge is 2.53. The van der Waals surface area contributed by atoms with Crippen molar-refractivity contribution >= 4 is 0 Å². The molecular weight excluding hydrogens is 276 g/mol. The topological polar surface area (TPSA) is 60.7 Å². The predicted octanol–water partition coefficient (Wildman–Crippen LogP) is 3.23. The fourth-order valence-corrected chi connectivity index (χ4v) is 5.02. The first-order valence-electron chi connectivity index (χ1n) is 8.43. The Balaban J connectivity index is 2.11. The molecule has 0 spiro atoms. The van der Waals surface area contributed by atoms with Crippen molar-refractivity contribution in [2.24, 2.45) is 11.3 Å². The van der Waals surface area contributed by atoms with Gasteiger partial charge in [-0.05, 0) is 59.6 Å². The van der Waals surface area contributed by atoms with Gasteiger partial charge in [0.15, 0.2) is 0 Å². The van der Waals surface area contributed by atoms with Crippen LogP contribution in [0.4, 0.5) is 0 Å². The second-order valence-corrected chi connectivity index (χ2v) is 7.91. The molecule has 1 saturated carbocycles. The third-order valence-electron chi connectivity index (χ3n) is 6.41. The van der Waals surface area contributed by atoms with Crippen LogP contribution in [-0.4, -0.2) is 21.9 Å². The summed E-state index contributed by atoms with van der Waals surface area (Å²) in [6, 6.07) is 6.04. The van der Waals surface area contributed by atoms with Crippen LogP contribution in [0, 0.1) is 11.3 Å². The Labute approximate surface area is 133 Å². The number of aliphatic hydroxyl groups is 3. The molecular formula is C19H28O3. The van der Waals surface area contributed by atoms with Crippen molar-refractivity contribution < 1.29 is 15.3 Å². The first-order chi connectivity index (χ1) is 10.3. The van der Waals surface area contributed by atoms with Crippen LogP contribution in [0.5, 0.6) is 0 Å². The van der Waals surface area contributed by atoms with Crippen LogP contribution in [0.15, 0.2) is 18.2 Å². The van der Waals surface area contributed by atoms with Gasteiger partial charge >= 0.3 is 0 Å². The molecule has 3 N–H and O–H groups in total. The van der Waals surface area contributed by atoms with E-state index in [1.165, 1.54) is 5.56 Å². The Morgan fingerprint density at radius 3 is 2.64 bits per heavy atom. The van der Waals surface area contributed by atoms with Gasteiger partial charge < -0.3 is 15.3 Å². The Morgan fingerprint density at radius 2 is 2.00 bits per heavy atom. The summed E-state index contributed by atoms with van der Waals surface area (Å²) < 4.78 is 0. The van der Waals surface area contributed by atoms with Gasteiger partial charge in [0.2, 0.25) is 0 Å². The smallest absolute Gasteiger partial charge is 0.0796 e. The molecule has 0 heterocycles. The number of rotatable bonds is 2. The van der Waals surface area contributed by atoms with E-state index in [9.17, 15) is 15.3 Å². The second kappa shape index (κ2) is 5.33. The number of hydrogen-bond acceptors (Lipinski definition) is 3. The highest BCUT2D eigenvalue weighted by Crippen LogP contribution is 2.59. The van der Waals surface area contributed by atoms with Gasteiger partial charge in [-0.3, -0.25) is 0 Å². The maximum absolute atomic E-state index is 10.7. The second-order valence-electron chi connectivity index (χ2n) is 7.91. The first kappa shape index (κ1) is 16.0. The number of aliphatic hydroxyl groups excluding tert-OH is 3. The molecule has 122 valence electrons. The lowest BCUT2D eigenvalue weighted by Gasteiger charge is -2.56. The van der Waals surface area contributed by atoms with Gasteiger partial charge in [0.25, 0.3) is 0 Å². The molecule has 1 fully saturated rings. The molecule has 0 aromatic heterocycles. The zero-order valence-electron chi connectivity index (χ0n) is 13.8. The average molecular weight is 304 g/mol. The molecule has 3 nitrogen and oxygen atoms in total. The van der Waals surface area contributed by atoms with Gasteiger partial charge in [0.05, 0.1) is 12.2 Å². The molecule has 0 unspecified atom stereocenters. The summed E-state index contributed by atoms with van der Waals surface area (Å²) in [5.74, 6) is 0.290. The van der Waals surface area contributed by atoms with Crippen LogP contribution >= 0.6 is 0 Å². The summed E-state index contributed by atoms with van der Waals surface area (Å²) >= 11 is 0. The summed E-state index contributed by atoms with van der Waals surface area (Å²) in [6.45, 7) is 6.39. The van der Waals surface area contributed by atoms with Gasteiger partial charge in [-0.2, -0.15) is 0 Å². The third-order valence-corrected chi connectivity index (χ3v) is 6.41. The van der Waals surface area contributed by atoms with Gasteiger partial charge in [-0.1, -0.05) is 38.5 Å². The highest BCUT2D eigenvalue weighted by atomic mass is 16.3. The summed E-state index contributed by atoms with van der Waals surface area (Å²) in [7, 11) is 0. The van der Waals surface area contributed by atoms with Crippen molar-refractivity contribution in [3.8, 4) is 0 Å². The molecule has 0 bridgehead atoms. The van der Waals surface area contributed by atoms with Crippen molar-refractivity contribution in [3.05, 3.63) is 34.9 Å². The van der Waals surface area contributed by atoms with E-state index in [1.807, 2.05) is 12.1 Å². The molecule has 22 heavy (non-hydrogen) atoms. The van der Waals surface area contributed by atoms with Crippen molar-refractivity contribution in [2.45, 2.75) is 64.1 Å². The Bertz CT molecular complexity index is 568. The summed E-state index contributed by atoms with van der Waals surface area (Å²) in [5.41, 5.74) is 2.93. The van der Waals surface area contributed by atoms with E-state index in [0.29, 0.717) is 12.3 Å². The van der Waals surface area contributed by atoms with E-state index in [0.717, 1.165) is 30.4 Å². The highest BCUT2D eigenvalue weighted by molar-refractivity contribution is 5.43. The summed E-state index contributed by atoms with van der Waals surface area (Å²) in [6.07, 6.45) is 2.91. The molecule has 1 aromatic carbocycles. The van der Waals surface area contributed by atoms with Gasteiger partial charge in [0.1, 0.15) is 0 Å². The number of benzene rings is 1. The van der Waals surface area contributed by atoms with E-state index in [-0.39, 0.29) is 17.4 Å². The lowest BCUT2D eigenvalue weighted by molar-refractivity contribution is -0.0463. The van der Waals surface area contributed by atoms with Gasteiger partial charge in [0, 0.05) is 6.61 Å². The minimum absolute atomic E-state index is 0.00151. The Hall–Kier alpha value is -0.900. The fraction of sp³-hybridized carbons (Fsp3) is 0.684. The predicted molar refractivity (Wildman–Crippen MR) is 86.5 cm³/mol. The number of hydrogen-bond donors (Lipinski definition) is 3. The van der Waals surface area contributed by atoms with Crippen LogP contribution in [0.3, 0.4) is 0 Å². The zero-order chi connectivity index (χ0) is 16.1. The van der Waals surface area contributed by atoms with Crippen molar-refractivity contribution in [2.75, 3.05) is 6.61 Å². The number of fused-ring (bicyclic) bond motifs is 3. The average Bonchev–Trinajstić information content (AvgIpc) is 2.49. The SMILES string of the molecule is C[C@H](O)c1ccc2c(c1)[C@H](O)C[C@H]1[C@](C)(CO)CCC[C@]21C. The lowest BCUT2D eigenvalue weighted by Crippen LogP contribution is -2.51. The standard InChI is InChI=1S/C19H28O3/c1-12(21)13-5-6-15-14(9-13)16(22)10-17-18(2,11-20)7-4-8-19(15,17)3/h5-6,9,12,16-17,20-22H,4,7-8,10-11H2,1-3H3/t12-,16+,17-,18-,19+/m0/s1. The fourth-order valence-electron chi connectivity index (χ4n) is 5.02. The minimum Gasteiger partial charge on any atom is -0.396 e. The monoisotopic (exact) mass is 304 g/mol. The molecule has 2 aliphatic carbocycles. The van der Waals surface area contributed by atoms with Crippen LogP contribution in [0.1, 0.15) is 75.4 Å². The van der Waals surface area contributed by atoms with Crippen molar-refractivity contribution in [3.63, 3.8) is 0 Å². The normalized spacial score (nSPS) is 39.0. The van der Waals surface area contributed by atoms with E-state index >= 15 is 0 Å². The maximum atomic E-state index is 10.7. The van der Waals surface area contributed by atoms with Crippen molar-refractivity contribution in [1.82, 2.24) is 0 Å². The largest absolute Gasteiger partial charge is 0.396 e. The van der Waals surface area contributed by atoms with E-state index in [1.54, 1.807) is 6.92 Å². The molecule has 3 rings (SSSR count). The van der Waals surface area contributed by atoms with Crippen LogP contribution in [0.25, 0.3) is 0 Å². The maximum Gasteiger partial charge on any atom is 0.0796 e. The van der Waals surface area contributed by atoms with Crippen LogP contribution < -0.4 is 0 Å². The Morgan fingerprint density at radius 1 is 1.27 bits per heavy atom. The van der Waals surface area contributed by atoms with E-state index in [2.05, 4.69) is 19.9 Å². The molecule has 3 heteroatoms. The summed E-state index contributed by atoms with van der Waals surface area (Å²) in [5, 5.41) is 30.4. The zero-order valence-corrected chi connectivity index (χ0v) is 13.8. The quantitative estimate of drug-likeness (QED) is 0.786. The first-order valence-corrected chi connectivity index (χ1v) is 8.43. The minimum atomic E-state index is -0.517. The summed E-state index contributed by atoms with van der Waals surface area (Å²) in [4.78, 5) is 0. The molecule has 0 radical (unpaired) electrons. The molecule has 2 aliphatic rings. The van der Waals surface area contributed by atoms with E-state index < -0.39 is 12.2 Å². The molecule has 5 atom stereocenters. The molecule has 0 saturated heterocycles. The molecule has 0 aliphatic heterocycles. The van der Waals surface area contributed by atoms with E-state index in [4.69, 9.17) is 0 Å². The molecule has 0 amide bonds. The van der Waals surface area contributed by atoms with Gasteiger partial charge in [-0.25, -0.2) is 0 Å². The molecule has 1 aromatic rings. The van der Waals surface area contributed by atoms with Crippen LogP contribution in [-0.2, 0) is 5.41 Å².